The number of aryl methyl sites for hydroxylation is 1. The van der Waals surface area contributed by atoms with Gasteiger partial charge in [-0.15, -0.1) is 0 Å². The topological polar surface area (TPSA) is 73.8 Å². The molecule has 2 aliphatic rings. The van der Waals surface area contributed by atoms with Crippen molar-refractivity contribution in [2.75, 3.05) is 0 Å². The average Bonchev–Trinajstić information content (AvgIpc) is 3.28. The van der Waals surface area contributed by atoms with Crippen LogP contribution in [0.15, 0.2) is 46.0 Å². The van der Waals surface area contributed by atoms with Gasteiger partial charge in [-0.1, -0.05) is 43.9 Å². The van der Waals surface area contributed by atoms with Crippen molar-refractivity contribution in [2.45, 2.75) is 52.9 Å². The summed E-state index contributed by atoms with van der Waals surface area (Å²) in [4.78, 5) is 17.0. The fourth-order valence-electron chi connectivity index (χ4n) is 3.94. The minimum atomic E-state index is -0.399. The van der Waals surface area contributed by atoms with E-state index in [2.05, 4.69) is 21.6 Å². The van der Waals surface area contributed by atoms with Crippen molar-refractivity contribution in [3.05, 3.63) is 57.9 Å². The summed E-state index contributed by atoms with van der Waals surface area (Å²) in [6.45, 7) is 6.18. The number of rotatable bonds is 7. The van der Waals surface area contributed by atoms with Crippen LogP contribution in [-0.2, 0) is 4.79 Å². The Labute approximate surface area is 197 Å². The summed E-state index contributed by atoms with van der Waals surface area (Å²) in [6, 6.07) is 9.65. The van der Waals surface area contributed by atoms with Gasteiger partial charge in [-0.25, -0.2) is 0 Å². The number of nitrogens with one attached hydrogen (secondary N) is 1. The number of thioether (sulfide) groups is 1. The van der Waals surface area contributed by atoms with Gasteiger partial charge in [0.05, 0.1) is 5.57 Å². The molecule has 6 nitrogen and oxygen atoms in total. The summed E-state index contributed by atoms with van der Waals surface area (Å²) in [5.41, 5.74) is 4.04. The van der Waals surface area contributed by atoms with Gasteiger partial charge in [0.2, 0.25) is 5.17 Å². The quantitative estimate of drug-likeness (QED) is 0.381. The van der Waals surface area contributed by atoms with E-state index < -0.39 is 5.91 Å². The van der Waals surface area contributed by atoms with Crippen LogP contribution in [0.2, 0.25) is 5.02 Å². The third kappa shape index (κ3) is 4.45. The smallest absolute Gasteiger partial charge is 0.283 e. The fraction of sp³-hybridized carbons (Fsp3) is 0.333. The molecule has 2 aromatic rings. The number of amidine groups is 2. The van der Waals surface area contributed by atoms with Crippen molar-refractivity contribution in [3.63, 3.8) is 0 Å². The number of hydrogen-bond acceptors (Lipinski definition) is 4. The Morgan fingerprint density at radius 2 is 2.00 bits per heavy atom. The number of carbonyl (C=O) groups is 1. The highest BCUT2D eigenvalue weighted by atomic mass is 35.5. The van der Waals surface area contributed by atoms with E-state index in [-0.39, 0.29) is 11.4 Å². The number of hydrazone groups is 1. The second-order valence-corrected chi connectivity index (χ2v) is 9.44. The normalized spacial score (nSPS) is 17.1. The van der Waals surface area contributed by atoms with Gasteiger partial charge in [-0.2, -0.15) is 15.1 Å². The Hall–Kier alpha value is -2.64. The molecule has 2 aliphatic heterocycles. The lowest BCUT2D eigenvalue weighted by atomic mass is 10.1. The molecule has 0 saturated carbocycles. The molecule has 8 heteroatoms. The monoisotopic (exact) mass is 467 g/mol. The first-order valence-corrected chi connectivity index (χ1v) is 12.0. The Kier molecular flexibility index (Phi) is 6.67. The van der Waals surface area contributed by atoms with Gasteiger partial charge >= 0.3 is 0 Å². The molecule has 0 bridgehead atoms. The molecule has 0 spiro atoms. The number of benzene rings is 1. The van der Waals surface area contributed by atoms with Gasteiger partial charge in [0.15, 0.2) is 5.84 Å². The fourth-order valence-corrected chi connectivity index (χ4v) is 5.05. The molecule has 1 aromatic carbocycles. The van der Waals surface area contributed by atoms with E-state index in [0.29, 0.717) is 10.2 Å². The van der Waals surface area contributed by atoms with Crippen molar-refractivity contribution in [1.82, 2.24) is 9.58 Å². The van der Waals surface area contributed by atoms with Crippen molar-refractivity contribution in [3.8, 4) is 5.69 Å². The summed E-state index contributed by atoms with van der Waals surface area (Å²) < 4.78 is 2.09. The van der Waals surface area contributed by atoms with Crippen LogP contribution in [0.1, 0.15) is 56.0 Å². The number of fused-ring (bicyclic) bond motifs is 1. The van der Waals surface area contributed by atoms with Crippen LogP contribution in [0, 0.1) is 19.3 Å². The number of hydrogen-bond donors (Lipinski definition) is 1. The predicted octanol–water partition coefficient (Wildman–Crippen LogP) is 6.34. The van der Waals surface area contributed by atoms with Gasteiger partial charge in [-0.05, 0) is 74.4 Å². The summed E-state index contributed by atoms with van der Waals surface area (Å²) >= 11 is 7.58. The molecule has 166 valence electrons. The second kappa shape index (κ2) is 9.46. The van der Waals surface area contributed by atoms with Gasteiger partial charge in [0.1, 0.15) is 5.04 Å². The molecule has 3 heterocycles. The van der Waals surface area contributed by atoms with Crippen LogP contribution in [0.3, 0.4) is 0 Å². The molecule has 0 saturated heterocycles. The summed E-state index contributed by atoms with van der Waals surface area (Å²) in [5.74, 6) is -0.327. The molecule has 4 rings (SSSR count). The van der Waals surface area contributed by atoms with E-state index >= 15 is 0 Å². The Bertz CT molecular complexity index is 1180. The lowest BCUT2D eigenvalue weighted by molar-refractivity contribution is -0.114. The lowest BCUT2D eigenvalue weighted by Crippen LogP contribution is -2.35. The molecule has 0 aliphatic carbocycles. The Morgan fingerprint density at radius 3 is 2.75 bits per heavy atom. The van der Waals surface area contributed by atoms with Crippen molar-refractivity contribution >= 4 is 51.4 Å². The van der Waals surface area contributed by atoms with E-state index in [1.807, 2.05) is 44.2 Å². The highest BCUT2D eigenvalue weighted by Crippen LogP contribution is 2.31. The van der Waals surface area contributed by atoms with Gasteiger partial charge in [0, 0.05) is 22.1 Å². The molecular weight excluding hydrogens is 442 g/mol. The van der Waals surface area contributed by atoms with Crippen LogP contribution >= 0.6 is 23.4 Å². The Balaban J connectivity index is 1.61. The largest absolute Gasteiger partial charge is 0.318 e. The van der Waals surface area contributed by atoms with Crippen LogP contribution in [0.4, 0.5) is 0 Å². The standard InChI is InChI=1S/C24H26ClN5OS/c1-4-5-6-7-11-21-28-30-22(26)20(23(31)27-24(30)32-21)13-17-12-15(2)29(16(17)3)19-10-8-9-18(25)14-19/h8-10,12-14,26H,4-7,11H2,1-3H3/b20-13+,26-22?. The van der Waals surface area contributed by atoms with E-state index in [1.54, 1.807) is 6.08 Å². The summed E-state index contributed by atoms with van der Waals surface area (Å²) in [6.07, 6.45) is 7.20. The van der Waals surface area contributed by atoms with E-state index in [9.17, 15) is 4.79 Å². The minimum Gasteiger partial charge on any atom is -0.318 e. The number of aromatic nitrogens is 1. The number of unbranched alkanes of at least 4 members (excludes halogenated alkanes) is 3. The minimum absolute atomic E-state index is 0.0728. The number of nitrogens with zero attached hydrogens (tertiary/aromatic N) is 4. The number of carbonyl (C=O) groups excluding carboxylic acids is 1. The third-order valence-electron chi connectivity index (χ3n) is 5.58. The summed E-state index contributed by atoms with van der Waals surface area (Å²) in [5, 5.41) is 16.7. The Morgan fingerprint density at radius 1 is 1.19 bits per heavy atom. The molecule has 1 N–H and O–H groups in total. The summed E-state index contributed by atoms with van der Waals surface area (Å²) in [7, 11) is 0. The van der Waals surface area contributed by atoms with Crippen LogP contribution in [0.25, 0.3) is 11.8 Å². The molecule has 0 fully saturated rings. The maximum atomic E-state index is 12.8. The molecule has 0 radical (unpaired) electrons. The molecule has 1 amide bonds. The lowest BCUT2D eigenvalue weighted by Gasteiger charge is -2.20. The first kappa shape index (κ1) is 22.6. The van der Waals surface area contributed by atoms with Crippen LogP contribution in [0.5, 0.6) is 0 Å². The van der Waals surface area contributed by atoms with Crippen LogP contribution < -0.4 is 0 Å². The molecular formula is C24H26ClN5OS. The van der Waals surface area contributed by atoms with Gasteiger partial charge < -0.3 is 4.57 Å². The molecule has 32 heavy (non-hydrogen) atoms. The van der Waals surface area contributed by atoms with E-state index in [4.69, 9.17) is 17.0 Å². The number of halogens is 1. The van der Waals surface area contributed by atoms with Crippen molar-refractivity contribution in [1.29, 1.82) is 5.41 Å². The SMILES string of the molecule is CCCCCCC1=NN2C(=N)/C(=C\c3cc(C)n(-c4cccc(Cl)c4)c3C)C(=O)N=C2S1. The predicted molar refractivity (Wildman–Crippen MR) is 134 cm³/mol. The second-order valence-electron chi connectivity index (χ2n) is 7.97. The number of amides is 1. The van der Waals surface area contributed by atoms with E-state index in [0.717, 1.165) is 46.9 Å². The van der Waals surface area contributed by atoms with Crippen molar-refractivity contribution < 1.29 is 4.79 Å². The zero-order valence-electron chi connectivity index (χ0n) is 18.5. The zero-order valence-corrected chi connectivity index (χ0v) is 20.1. The van der Waals surface area contributed by atoms with Crippen LogP contribution in [-0.4, -0.2) is 31.5 Å². The zero-order chi connectivity index (χ0) is 22.8. The first-order chi connectivity index (χ1) is 15.4. The number of aliphatic imine (C=N–C) groups is 1. The molecule has 1 aromatic heterocycles. The highest BCUT2D eigenvalue weighted by molar-refractivity contribution is 8.26. The first-order valence-electron chi connectivity index (χ1n) is 10.8. The molecule has 0 unspecified atom stereocenters. The maximum absolute atomic E-state index is 12.8. The van der Waals surface area contributed by atoms with Crippen molar-refractivity contribution in [2.24, 2.45) is 10.1 Å². The van der Waals surface area contributed by atoms with Gasteiger partial charge in [-0.3, -0.25) is 10.2 Å². The van der Waals surface area contributed by atoms with Gasteiger partial charge in [0.25, 0.3) is 5.91 Å². The molecule has 0 atom stereocenters. The van der Waals surface area contributed by atoms with E-state index in [1.165, 1.54) is 29.6 Å². The highest BCUT2D eigenvalue weighted by Gasteiger charge is 2.35. The maximum Gasteiger partial charge on any atom is 0.283 e. The third-order valence-corrected chi connectivity index (χ3v) is 6.78. The average molecular weight is 468 g/mol.